The highest BCUT2D eigenvalue weighted by Gasteiger charge is 2.24. The number of carbonyl (C=O) groups is 1. The number of rotatable bonds is 7. The Labute approximate surface area is 109 Å². The quantitative estimate of drug-likeness (QED) is 0.721. The van der Waals surface area contributed by atoms with Gasteiger partial charge in [0.05, 0.1) is 6.54 Å². The normalized spacial score (nSPS) is 16.8. The Kier molecular flexibility index (Phi) is 4.76. The molecule has 0 bridgehead atoms. The zero-order chi connectivity index (χ0) is 12.8. The van der Waals surface area contributed by atoms with Crippen LogP contribution in [0.5, 0.6) is 0 Å². The lowest BCUT2D eigenvalue weighted by Crippen LogP contribution is -2.37. The minimum absolute atomic E-state index is 0.107. The first-order valence-electron chi connectivity index (χ1n) is 6.86. The standard InChI is InChI=1S/C15H22N2O/c1-2-3-8-17-15(18)11-16-10-13-9-12-6-4-5-7-14(12)13/h4-7,13,16H,2-3,8-11H2,1H3,(H,17,18). The molecule has 0 spiro atoms. The maximum absolute atomic E-state index is 11.5. The molecule has 1 aliphatic carbocycles. The SMILES string of the molecule is CCCCNC(=O)CNCC1Cc2ccccc21. The van der Waals surface area contributed by atoms with Crippen LogP contribution >= 0.6 is 0 Å². The molecule has 2 rings (SSSR count). The Bertz CT molecular complexity index is 403. The van der Waals surface area contributed by atoms with Crippen LogP contribution in [0.2, 0.25) is 0 Å². The Morgan fingerprint density at radius 2 is 2.22 bits per heavy atom. The van der Waals surface area contributed by atoms with Gasteiger partial charge in [0.1, 0.15) is 0 Å². The van der Waals surface area contributed by atoms with Crippen LogP contribution in [0.1, 0.15) is 36.8 Å². The van der Waals surface area contributed by atoms with E-state index < -0.39 is 0 Å². The second-order valence-electron chi connectivity index (χ2n) is 4.93. The van der Waals surface area contributed by atoms with Crippen LogP contribution in [0.3, 0.4) is 0 Å². The Morgan fingerprint density at radius 1 is 1.39 bits per heavy atom. The lowest BCUT2D eigenvalue weighted by molar-refractivity contribution is -0.120. The average molecular weight is 246 g/mol. The zero-order valence-electron chi connectivity index (χ0n) is 11.0. The summed E-state index contributed by atoms with van der Waals surface area (Å²) < 4.78 is 0. The van der Waals surface area contributed by atoms with Gasteiger partial charge >= 0.3 is 0 Å². The summed E-state index contributed by atoms with van der Waals surface area (Å²) in [6.45, 7) is 4.25. The fourth-order valence-corrected chi connectivity index (χ4v) is 2.37. The third kappa shape index (κ3) is 3.33. The molecule has 0 radical (unpaired) electrons. The van der Waals surface area contributed by atoms with Gasteiger partial charge in [-0.15, -0.1) is 0 Å². The Hall–Kier alpha value is -1.35. The number of amides is 1. The smallest absolute Gasteiger partial charge is 0.233 e. The number of hydrogen-bond donors (Lipinski definition) is 2. The van der Waals surface area contributed by atoms with Gasteiger partial charge in [0.15, 0.2) is 0 Å². The summed E-state index contributed by atoms with van der Waals surface area (Å²) in [5.41, 5.74) is 2.90. The topological polar surface area (TPSA) is 41.1 Å². The van der Waals surface area contributed by atoms with Crippen LogP contribution in [0.15, 0.2) is 24.3 Å². The van der Waals surface area contributed by atoms with Gasteiger partial charge in [-0.1, -0.05) is 37.6 Å². The van der Waals surface area contributed by atoms with E-state index in [9.17, 15) is 4.79 Å². The molecule has 3 nitrogen and oxygen atoms in total. The van der Waals surface area contributed by atoms with Gasteiger partial charge in [0, 0.05) is 19.0 Å². The summed E-state index contributed by atoms with van der Waals surface area (Å²) >= 11 is 0. The number of fused-ring (bicyclic) bond motifs is 1. The first-order chi connectivity index (χ1) is 8.81. The van der Waals surface area contributed by atoms with E-state index in [1.165, 1.54) is 11.1 Å². The van der Waals surface area contributed by atoms with Gasteiger partial charge in [0.25, 0.3) is 0 Å². The molecule has 18 heavy (non-hydrogen) atoms. The van der Waals surface area contributed by atoms with Crippen molar-refractivity contribution < 1.29 is 4.79 Å². The third-order valence-electron chi connectivity index (χ3n) is 3.49. The van der Waals surface area contributed by atoms with Crippen LogP contribution in [0.25, 0.3) is 0 Å². The lowest BCUT2D eigenvalue weighted by atomic mass is 9.78. The molecule has 2 N–H and O–H groups in total. The number of carbonyl (C=O) groups excluding carboxylic acids is 1. The lowest BCUT2D eigenvalue weighted by Gasteiger charge is -2.30. The maximum Gasteiger partial charge on any atom is 0.233 e. The molecule has 1 aromatic carbocycles. The highest BCUT2D eigenvalue weighted by atomic mass is 16.1. The van der Waals surface area contributed by atoms with E-state index in [-0.39, 0.29) is 5.91 Å². The first kappa shape index (κ1) is 13.1. The van der Waals surface area contributed by atoms with Crippen molar-refractivity contribution in [1.29, 1.82) is 0 Å². The molecule has 0 saturated heterocycles. The summed E-state index contributed by atoms with van der Waals surface area (Å²) in [6.07, 6.45) is 3.31. The second kappa shape index (κ2) is 6.55. The van der Waals surface area contributed by atoms with Gasteiger partial charge in [-0.25, -0.2) is 0 Å². The summed E-state index contributed by atoms with van der Waals surface area (Å²) in [7, 11) is 0. The molecule has 0 fully saturated rings. The molecule has 3 heteroatoms. The van der Waals surface area contributed by atoms with Crippen LogP contribution in [0, 0.1) is 0 Å². The van der Waals surface area contributed by atoms with Gasteiger partial charge in [-0.05, 0) is 24.0 Å². The molecule has 0 aromatic heterocycles. The van der Waals surface area contributed by atoms with Crippen molar-refractivity contribution in [2.75, 3.05) is 19.6 Å². The molecule has 98 valence electrons. The summed E-state index contributed by atoms with van der Waals surface area (Å²) in [4.78, 5) is 11.5. The van der Waals surface area contributed by atoms with Gasteiger partial charge in [0.2, 0.25) is 5.91 Å². The van der Waals surface area contributed by atoms with Crippen molar-refractivity contribution in [3.8, 4) is 0 Å². The van der Waals surface area contributed by atoms with Crippen molar-refractivity contribution in [2.24, 2.45) is 0 Å². The van der Waals surface area contributed by atoms with Gasteiger partial charge in [-0.2, -0.15) is 0 Å². The van der Waals surface area contributed by atoms with Crippen molar-refractivity contribution >= 4 is 5.91 Å². The molecule has 0 heterocycles. The number of hydrogen-bond acceptors (Lipinski definition) is 2. The molecule has 1 unspecified atom stereocenters. The summed E-state index contributed by atoms with van der Waals surface area (Å²) in [6, 6.07) is 8.54. The van der Waals surface area contributed by atoms with Crippen molar-refractivity contribution in [3.63, 3.8) is 0 Å². The number of benzene rings is 1. The van der Waals surface area contributed by atoms with E-state index >= 15 is 0 Å². The van der Waals surface area contributed by atoms with Crippen molar-refractivity contribution in [3.05, 3.63) is 35.4 Å². The molecule has 1 aliphatic rings. The molecular weight excluding hydrogens is 224 g/mol. The highest BCUT2D eigenvalue weighted by Crippen LogP contribution is 2.33. The highest BCUT2D eigenvalue weighted by molar-refractivity contribution is 5.77. The third-order valence-corrected chi connectivity index (χ3v) is 3.49. The molecule has 1 amide bonds. The Balaban J connectivity index is 1.61. The predicted octanol–water partition coefficient (Wildman–Crippen LogP) is 1.83. The van der Waals surface area contributed by atoms with Crippen LogP contribution < -0.4 is 10.6 Å². The number of unbranched alkanes of at least 4 members (excludes halogenated alkanes) is 1. The molecular formula is C15H22N2O. The first-order valence-corrected chi connectivity index (χ1v) is 6.86. The van der Waals surface area contributed by atoms with Crippen LogP contribution in [-0.2, 0) is 11.2 Å². The van der Waals surface area contributed by atoms with Gasteiger partial charge < -0.3 is 10.6 Å². The van der Waals surface area contributed by atoms with E-state index in [0.29, 0.717) is 12.5 Å². The fourth-order valence-electron chi connectivity index (χ4n) is 2.37. The monoisotopic (exact) mass is 246 g/mol. The van der Waals surface area contributed by atoms with E-state index in [1.54, 1.807) is 0 Å². The second-order valence-corrected chi connectivity index (χ2v) is 4.93. The van der Waals surface area contributed by atoms with E-state index in [0.717, 1.165) is 32.4 Å². The van der Waals surface area contributed by atoms with E-state index in [4.69, 9.17) is 0 Å². The summed E-state index contributed by atoms with van der Waals surface area (Å²) in [5.74, 6) is 0.695. The largest absolute Gasteiger partial charge is 0.355 e. The van der Waals surface area contributed by atoms with Gasteiger partial charge in [-0.3, -0.25) is 4.79 Å². The molecule has 0 aliphatic heterocycles. The fraction of sp³-hybridized carbons (Fsp3) is 0.533. The number of nitrogens with one attached hydrogen (secondary N) is 2. The van der Waals surface area contributed by atoms with Crippen molar-refractivity contribution in [2.45, 2.75) is 32.1 Å². The van der Waals surface area contributed by atoms with Crippen LogP contribution in [-0.4, -0.2) is 25.5 Å². The van der Waals surface area contributed by atoms with Crippen molar-refractivity contribution in [1.82, 2.24) is 10.6 Å². The minimum atomic E-state index is 0.107. The predicted molar refractivity (Wildman–Crippen MR) is 73.7 cm³/mol. The molecule has 1 atom stereocenters. The molecule has 0 saturated carbocycles. The summed E-state index contributed by atoms with van der Waals surface area (Å²) in [5, 5.41) is 6.15. The van der Waals surface area contributed by atoms with E-state index in [2.05, 4.69) is 41.8 Å². The maximum atomic E-state index is 11.5. The Morgan fingerprint density at radius 3 is 3.00 bits per heavy atom. The minimum Gasteiger partial charge on any atom is -0.355 e. The van der Waals surface area contributed by atoms with Crippen LogP contribution in [0.4, 0.5) is 0 Å². The average Bonchev–Trinajstić information content (AvgIpc) is 2.35. The molecule has 1 aromatic rings. The van der Waals surface area contributed by atoms with E-state index in [1.807, 2.05) is 0 Å². The zero-order valence-corrected chi connectivity index (χ0v) is 11.0.